The summed E-state index contributed by atoms with van der Waals surface area (Å²) in [6, 6.07) is 3.33. The summed E-state index contributed by atoms with van der Waals surface area (Å²) in [6.07, 6.45) is 2.90. The molecule has 0 aliphatic carbocycles. The summed E-state index contributed by atoms with van der Waals surface area (Å²) >= 11 is 0. The quantitative estimate of drug-likeness (QED) is 0.919. The molecule has 1 N–H and O–H groups in total. The van der Waals surface area contributed by atoms with Crippen LogP contribution in [0.5, 0.6) is 0 Å². The van der Waals surface area contributed by atoms with Gasteiger partial charge in [-0.2, -0.15) is 4.31 Å². The highest BCUT2D eigenvalue weighted by atomic mass is 32.2. The topological polar surface area (TPSA) is 62.6 Å². The van der Waals surface area contributed by atoms with E-state index in [1.165, 1.54) is 0 Å². The van der Waals surface area contributed by atoms with E-state index in [9.17, 15) is 8.42 Å². The number of rotatable bonds is 4. The average molecular weight is 286 g/mol. The van der Waals surface area contributed by atoms with Gasteiger partial charge in [-0.3, -0.25) is 0 Å². The lowest BCUT2D eigenvalue weighted by Crippen LogP contribution is -2.47. The number of furan rings is 1. The van der Waals surface area contributed by atoms with Gasteiger partial charge in [0, 0.05) is 12.1 Å². The van der Waals surface area contributed by atoms with Crippen LogP contribution in [0.15, 0.2) is 21.6 Å². The third-order valence-electron chi connectivity index (χ3n) is 3.63. The third-order valence-corrected chi connectivity index (χ3v) is 5.64. The molecule has 1 aromatic heterocycles. The molecule has 1 aliphatic rings. The fraction of sp³-hybridized carbons (Fsp3) is 0.692. The zero-order valence-corrected chi connectivity index (χ0v) is 12.5. The molecular weight excluding hydrogens is 264 g/mol. The molecule has 108 valence electrons. The molecular formula is C13H22N2O3S. The molecule has 1 aromatic rings. The van der Waals surface area contributed by atoms with Gasteiger partial charge in [0.05, 0.1) is 6.54 Å². The first-order valence-electron chi connectivity index (χ1n) is 6.73. The van der Waals surface area contributed by atoms with E-state index in [0.717, 1.165) is 19.3 Å². The van der Waals surface area contributed by atoms with Crippen molar-refractivity contribution in [3.05, 3.63) is 17.9 Å². The van der Waals surface area contributed by atoms with Gasteiger partial charge in [-0.05, 0) is 45.9 Å². The fourth-order valence-electron chi connectivity index (χ4n) is 2.74. The van der Waals surface area contributed by atoms with Crippen molar-refractivity contribution in [1.82, 2.24) is 9.62 Å². The molecule has 6 heteroatoms. The van der Waals surface area contributed by atoms with Crippen LogP contribution in [-0.2, 0) is 16.6 Å². The van der Waals surface area contributed by atoms with Crippen LogP contribution in [0, 0.1) is 0 Å². The number of nitrogens with one attached hydrogen (secondary N) is 1. The minimum absolute atomic E-state index is 0.0339. The molecule has 1 fully saturated rings. The molecule has 2 heterocycles. The zero-order chi connectivity index (χ0) is 14.0. The second kappa shape index (κ2) is 5.64. The van der Waals surface area contributed by atoms with Crippen molar-refractivity contribution in [2.45, 2.75) is 56.8 Å². The van der Waals surface area contributed by atoms with Gasteiger partial charge in [0.2, 0.25) is 5.09 Å². The van der Waals surface area contributed by atoms with Crippen LogP contribution in [0.1, 0.15) is 38.9 Å². The number of hydrogen-bond donors (Lipinski definition) is 1. The Kier molecular flexibility index (Phi) is 4.32. The Morgan fingerprint density at radius 2 is 1.95 bits per heavy atom. The monoisotopic (exact) mass is 286 g/mol. The average Bonchev–Trinajstić information content (AvgIpc) is 2.78. The van der Waals surface area contributed by atoms with E-state index in [4.69, 9.17) is 4.42 Å². The lowest BCUT2D eigenvalue weighted by molar-refractivity contribution is 0.199. The minimum atomic E-state index is -3.52. The Bertz CT molecular complexity index is 514. The lowest BCUT2D eigenvalue weighted by Gasteiger charge is -2.36. The Morgan fingerprint density at radius 1 is 1.32 bits per heavy atom. The molecule has 2 rings (SSSR count). The number of sulfonamides is 1. The molecule has 2 unspecified atom stereocenters. The highest BCUT2D eigenvalue weighted by molar-refractivity contribution is 7.89. The zero-order valence-electron chi connectivity index (χ0n) is 11.7. The summed E-state index contributed by atoms with van der Waals surface area (Å²) in [7, 11) is -1.72. The van der Waals surface area contributed by atoms with E-state index in [2.05, 4.69) is 5.32 Å². The third kappa shape index (κ3) is 2.85. The molecule has 1 saturated heterocycles. The van der Waals surface area contributed by atoms with Crippen molar-refractivity contribution in [1.29, 1.82) is 0 Å². The molecule has 19 heavy (non-hydrogen) atoms. The molecule has 0 saturated carbocycles. The summed E-state index contributed by atoms with van der Waals surface area (Å²) in [5.74, 6) is 0.637. The molecule has 0 radical (unpaired) electrons. The van der Waals surface area contributed by atoms with Gasteiger partial charge in [-0.25, -0.2) is 8.42 Å². The minimum Gasteiger partial charge on any atom is -0.447 e. The van der Waals surface area contributed by atoms with Crippen molar-refractivity contribution < 1.29 is 12.8 Å². The van der Waals surface area contributed by atoms with Crippen LogP contribution in [0.2, 0.25) is 0 Å². The first kappa shape index (κ1) is 14.6. The molecule has 0 bridgehead atoms. The molecule has 0 amide bonds. The Morgan fingerprint density at radius 3 is 2.53 bits per heavy atom. The van der Waals surface area contributed by atoms with Crippen LogP contribution in [0.3, 0.4) is 0 Å². The van der Waals surface area contributed by atoms with E-state index >= 15 is 0 Å². The normalized spacial score (nSPS) is 25.6. The maximum Gasteiger partial charge on any atom is 0.276 e. The second-order valence-corrected chi connectivity index (χ2v) is 6.99. The molecule has 0 aromatic carbocycles. The van der Waals surface area contributed by atoms with Crippen molar-refractivity contribution in [3.8, 4) is 0 Å². The summed E-state index contributed by atoms with van der Waals surface area (Å²) in [6.45, 7) is 4.45. The second-order valence-electron chi connectivity index (χ2n) is 5.21. The van der Waals surface area contributed by atoms with Gasteiger partial charge in [0.15, 0.2) is 0 Å². The number of nitrogens with zero attached hydrogens (tertiary/aromatic N) is 1. The van der Waals surface area contributed by atoms with E-state index in [1.807, 2.05) is 13.8 Å². The summed E-state index contributed by atoms with van der Waals surface area (Å²) < 4.78 is 32.3. The van der Waals surface area contributed by atoms with Gasteiger partial charge in [0.1, 0.15) is 5.76 Å². The summed E-state index contributed by atoms with van der Waals surface area (Å²) in [5.41, 5.74) is 0. The van der Waals surface area contributed by atoms with E-state index in [-0.39, 0.29) is 17.2 Å². The maximum atomic E-state index is 12.6. The van der Waals surface area contributed by atoms with Crippen LogP contribution >= 0.6 is 0 Å². The predicted octanol–water partition coefficient (Wildman–Crippen LogP) is 1.95. The van der Waals surface area contributed by atoms with Gasteiger partial charge in [-0.15, -0.1) is 0 Å². The first-order valence-corrected chi connectivity index (χ1v) is 8.17. The number of piperidine rings is 1. The lowest BCUT2D eigenvalue weighted by atomic mass is 10.0. The van der Waals surface area contributed by atoms with Crippen LogP contribution in [0.4, 0.5) is 0 Å². The fourth-order valence-corrected chi connectivity index (χ4v) is 4.56. The molecule has 1 aliphatic heterocycles. The van der Waals surface area contributed by atoms with E-state index < -0.39 is 10.0 Å². The Labute approximate surface area is 115 Å². The maximum absolute atomic E-state index is 12.6. The Balaban J connectivity index is 2.29. The van der Waals surface area contributed by atoms with Crippen molar-refractivity contribution in [2.75, 3.05) is 7.05 Å². The van der Waals surface area contributed by atoms with Crippen molar-refractivity contribution in [2.24, 2.45) is 0 Å². The smallest absolute Gasteiger partial charge is 0.276 e. The summed E-state index contributed by atoms with van der Waals surface area (Å²) in [5, 5.41) is 3.00. The van der Waals surface area contributed by atoms with Crippen LogP contribution < -0.4 is 5.32 Å². The van der Waals surface area contributed by atoms with Gasteiger partial charge in [-0.1, -0.05) is 6.42 Å². The van der Waals surface area contributed by atoms with E-state index in [0.29, 0.717) is 12.3 Å². The van der Waals surface area contributed by atoms with E-state index in [1.54, 1.807) is 23.5 Å². The Hall–Kier alpha value is -0.850. The molecule has 0 spiro atoms. The predicted molar refractivity (Wildman–Crippen MR) is 73.3 cm³/mol. The van der Waals surface area contributed by atoms with Crippen LogP contribution in [-0.4, -0.2) is 31.9 Å². The SMILES string of the molecule is CNCc1ccc(S(=O)(=O)N2C(C)CCCC2C)o1. The summed E-state index contributed by atoms with van der Waals surface area (Å²) in [4.78, 5) is 0. The molecule has 5 nitrogen and oxygen atoms in total. The largest absolute Gasteiger partial charge is 0.447 e. The number of hydrogen-bond acceptors (Lipinski definition) is 4. The van der Waals surface area contributed by atoms with Gasteiger partial charge >= 0.3 is 0 Å². The van der Waals surface area contributed by atoms with Crippen LogP contribution in [0.25, 0.3) is 0 Å². The highest BCUT2D eigenvalue weighted by Gasteiger charge is 2.37. The highest BCUT2D eigenvalue weighted by Crippen LogP contribution is 2.30. The molecule has 2 atom stereocenters. The first-order chi connectivity index (χ1) is 8.96. The van der Waals surface area contributed by atoms with Gasteiger partial charge < -0.3 is 9.73 Å². The standard InChI is InChI=1S/C13H22N2O3S/c1-10-5-4-6-11(2)15(10)19(16,17)13-8-7-12(18-13)9-14-3/h7-8,10-11,14H,4-6,9H2,1-3H3. The van der Waals surface area contributed by atoms with Crippen molar-refractivity contribution >= 4 is 10.0 Å². The van der Waals surface area contributed by atoms with Gasteiger partial charge in [0.25, 0.3) is 10.0 Å². The van der Waals surface area contributed by atoms with Crippen molar-refractivity contribution in [3.63, 3.8) is 0 Å².